The van der Waals surface area contributed by atoms with Gasteiger partial charge >= 0.3 is 0 Å². The van der Waals surface area contributed by atoms with Gasteiger partial charge in [0.05, 0.1) is 33.9 Å². The average molecular weight is 622 g/mol. The van der Waals surface area contributed by atoms with Crippen LogP contribution in [-0.4, -0.2) is 4.57 Å². The molecule has 0 atom stereocenters. The molecule has 3 heteroatoms. The topological polar surface area (TPSA) is 52.5 Å². The normalized spacial score (nSPS) is 11.2. The molecule has 3 nitrogen and oxygen atoms in total. The second kappa shape index (κ2) is 11.4. The van der Waals surface area contributed by atoms with Gasteiger partial charge in [-0.05, 0) is 79.7 Å². The van der Waals surface area contributed by atoms with Crippen LogP contribution in [0.1, 0.15) is 11.1 Å². The third kappa shape index (κ3) is 4.35. The Labute approximate surface area is 283 Å². The second-order valence-corrected chi connectivity index (χ2v) is 12.3. The fourth-order valence-electron chi connectivity index (χ4n) is 7.64. The van der Waals surface area contributed by atoms with E-state index in [2.05, 4.69) is 132 Å². The summed E-state index contributed by atoms with van der Waals surface area (Å²) in [4.78, 5) is 0. The molecule has 49 heavy (non-hydrogen) atoms. The Balaban J connectivity index is 1.39. The van der Waals surface area contributed by atoms with Crippen molar-refractivity contribution in [3.8, 4) is 51.2 Å². The highest BCUT2D eigenvalue weighted by Crippen LogP contribution is 2.47. The quantitative estimate of drug-likeness (QED) is 0.184. The molecule has 8 aromatic carbocycles. The van der Waals surface area contributed by atoms with Crippen molar-refractivity contribution in [2.45, 2.75) is 0 Å². The lowest BCUT2D eigenvalue weighted by atomic mass is 9.83. The Morgan fingerprint density at radius 2 is 0.918 bits per heavy atom. The van der Waals surface area contributed by atoms with Crippen LogP contribution in [0.2, 0.25) is 0 Å². The number of rotatable bonds is 4. The first kappa shape index (κ1) is 28.3. The second-order valence-electron chi connectivity index (χ2n) is 12.3. The highest BCUT2D eigenvalue weighted by atomic mass is 15.0. The zero-order valence-corrected chi connectivity index (χ0v) is 26.4. The standard InChI is InChI=1S/C46H27N3/c47-28-30-25-26-39(46-37-19-6-4-17-35(37)45(31-13-2-1-3-14-31)36-18-5-7-20-38(36)46)40(27-30)32-21-12-24-44(41(32)29-48)49-42-22-10-8-15-33(42)34-16-9-11-23-43(34)49/h1-27H. The van der Waals surface area contributed by atoms with Gasteiger partial charge in [0, 0.05) is 16.3 Å². The van der Waals surface area contributed by atoms with Gasteiger partial charge < -0.3 is 4.57 Å². The van der Waals surface area contributed by atoms with E-state index in [-0.39, 0.29) is 0 Å². The summed E-state index contributed by atoms with van der Waals surface area (Å²) in [5, 5.41) is 27.9. The highest BCUT2D eigenvalue weighted by Gasteiger charge is 2.22. The summed E-state index contributed by atoms with van der Waals surface area (Å²) in [6, 6.07) is 61.2. The molecule has 0 saturated heterocycles. The third-order valence-corrected chi connectivity index (χ3v) is 9.68. The van der Waals surface area contributed by atoms with Gasteiger partial charge in [-0.25, -0.2) is 0 Å². The molecular weight excluding hydrogens is 595 g/mol. The maximum atomic E-state index is 11.0. The van der Waals surface area contributed by atoms with Crippen molar-refractivity contribution in [3.63, 3.8) is 0 Å². The molecule has 1 heterocycles. The van der Waals surface area contributed by atoms with Crippen molar-refractivity contribution < 1.29 is 0 Å². The number of aromatic nitrogens is 1. The van der Waals surface area contributed by atoms with Crippen molar-refractivity contribution in [2.24, 2.45) is 0 Å². The minimum absolute atomic E-state index is 0.541. The Kier molecular flexibility index (Phi) is 6.58. The Hall–Kier alpha value is -6.94. The molecule has 1 aromatic heterocycles. The number of para-hydroxylation sites is 2. The van der Waals surface area contributed by atoms with Crippen LogP contribution in [-0.2, 0) is 0 Å². The summed E-state index contributed by atoms with van der Waals surface area (Å²) in [5.74, 6) is 0. The largest absolute Gasteiger partial charge is 0.308 e. The number of hydrogen-bond donors (Lipinski definition) is 0. The lowest BCUT2D eigenvalue weighted by Gasteiger charge is -2.21. The van der Waals surface area contributed by atoms with E-state index >= 15 is 0 Å². The number of benzene rings is 8. The summed E-state index contributed by atoms with van der Waals surface area (Å²) in [5.41, 5.74) is 10.0. The summed E-state index contributed by atoms with van der Waals surface area (Å²) < 4.78 is 2.19. The predicted molar refractivity (Wildman–Crippen MR) is 202 cm³/mol. The van der Waals surface area contributed by atoms with E-state index in [0.717, 1.165) is 76.9 Å². The molecule has 0 aliphatic rings. The average Bonchev–Trinajstić information content (AvgIpc) is 3.51. The molecule has 226 valence electrons. The zero-order valence-electron chi connectivity index (χ0n) is 26.4. The molecule has 0 bridgehead atoms. The van der Waals surface area contributed by atoms with Crippen molar-refractivity contribution in [1.29, 1.82) is 10.5 Å². The fraction of sp³-hybridized carbons (Fsp3) is 0. The fourth-order valence-corrected chi connectivity index (χ4v) is 7.64. The number of nitriles is 2. The van der Waals surface area contributed by atoms with Crippen LogP contribution in [0.25, 0.3) is 82.4 Å². The number of fused-ring (bicyclic) bond motifs is 5. The minimum atomic E-state index is 0.541. The molecule has 9 aromatic rings. The molecule has 0 aliphatic heterocycles. The SMILES string of the molecule is N#Cc1ccc(-c2c3ccccc3c(-c3ccccc3)c3ccccc23)c(-c2cccc(-n3c4ccccc4c4ccccc43)c2C#N)c1. The minimum Gasteiger partial charge on any atom is -0.308 e. The molecule has 9 rings (SSSR count). The van der Waals surface area contributed by atoms with E-state index in [1.165, 1.54) is 5.56 Å². The molecule has 0 fully saturated rings. The Bertz CT molecular complexity index is 2740. The predicted octanol–water partition coefficient (Wildman–Crippen LogP) is 11.8. The molecule has 0 radical (unpaired) electrons. The maximum Gasteiger partial charge on any atom is 0.102 e. The summed E-state index contributed by atoms with van der Waals surface area (Å²) >= 11 is 0. The monoisotopic (exact) mass is 621 g/mol. The highest BCUT2D eigenvalue weighted by molar-refractivity contribution is 6.22. The van der Waals surface area contributed by atoms with E-state index in [4.69, 9.17) is 0 Å². The summed E-state index contributed by atoms with van der Waals surface area (Å²) in [6.07, 6.45) is 0. The number of hydrogen-bond acceptors (Lipinski definition) is 2. The first-order chi connectivity index (χ1) is 24.3. The molecule has 0 saturated carbocycles. The molecule has 0 unspecified atom stereocenters. The van der Waals surface area contributed by atoms with Crippen molar-refractivity contribution >= 4 is 43.4 Å². The van der Waals surface area contributed by atoms with E-state index in [1.54, 1.807) is 0 Å². The van der Waals surface area contributed by atoms with Gasteiger partial charge in [-0.1, -0.05) is 133 Å². The molecule has 0 aliphatic carbocycles. The third-order valence-electron chi connectivity index (χ3n) is 9.68. The van der Waals surface area contributed by atoms with Crippen LogP contribution in [0.3, 0.4) is 0 Å². The van der Waals surface area contributed by atoms with Crippen LogP contribution in [0.15, 0.2) is 164 Å². The first-order valence-corrected chi connectivity index (χ1v) is 16.3. The van der Waals surface area contributed by atoms with Gasteiger partial charge in [0.2, 0.25) is 0 Å². The van der Waals surface area contributed by atoms with Gasteiger partial charge in [-0.2, -0.15) is 10.5 Å². The van der Waals surface area contributed by atoms with Gasteiger partial charge in [0.1, 0.15) is 6.07 Å². The van der Waals surface area contributed by atoms with Crippen LogP contribution in [0, 0.1) is 22.7 Å². The summed E-state index contributed by atoms with van der Waals surface area (Å²) in [7, 11) is 0. The zero-order chi connectivity index (χ0) is 32.9. The van der Waals surface area contributed by atoms with Gasteiger partial charge in [-0.3, -0.25) is 0 Å². The van der Waals surface area contributed by atoms with Gasteiger partial charge in [0.25, 0.3) is 0 Å². The van der Waals surface area contributed by atoms with E-state index < -0.39 is 0 Å². The lowest BCUT2D eigenvalue weighted by Crippen LogP contribution is -2.00. The number of nitrogens with zero attached hydrogens (tertiary/aromatic N) is 3. The van der Waals surface area contributed by atoms with Crippen molar-refractivity contribution in [2.75, 3.05) is 0 Å². The Morgan fingerprint density at radius 3 is 1.49 bits per heavy atom. The Morgan fingerprint density at radius 1 is 0.388 bits per heavy atom. The van der Waals surface area contributed by atoms with E-state index in [9.17, 15) is 10.5 Å². The maximum absolute atomic E-state index is 11.0. The lowest BCUT2D eigenvalue weighted by molar-refractivity contribution is 1.17. The molecule has 0 spiro atoms. The van der Waals surface area contributed by atoms with Crippen molar-refractivity contribution in [3.05, 3.63) is 175 Å². The van der Waals surface area contributed by atoms with E-state index in [0.29, 0.717) is 11.1 Å². The summed E-state index contributed by atoms with van der Waals surface area (Å²) in [6.45, 7) is 0. The first-order valence-electron chi connectivity index (χ1n) is 16.3. The molecule has 0 amide bonds. The smallest absolute Gasteiger partial charge is 0.102 e. The molecule has 0 N–H and O–H groups in total. The van der Waals surface area contributed by atoms with Crippen LogP contribution in [0.5, 0.6) is 0 Å². The van der Waals surface area contributed by atoms with Crippen LogP contribution < -0.4 is 0 Å². The van der Waals surface area contributed by atoms with Gasteiger partial charge in [0.15, 0.2) is 0 Å². The van der Waals surface area contributed by atoms with Crippen molar-refractivity contribution in [1.82, 2.24) is 4.57 Å². The van der Waals surface area contributed by atoms with Crippen LogP contribution >= 0.6 is 0 Å². The van der Waals surface area contributed by atoms with E-state index in [1.807, 2.05) is 48.5 Å². The van der Waals surface area contributed by atoms with Crippen LogP contribution in [0.4, 0.5) is 0 Å². The van der Waals surface area contributed by atoms with Gasteiger partial charge in [-0.15, -0.1) is 0 Å². The molecular formula is C46H27N3.